The van der Waals surface area contributed by atoms with Crippen LogP contribution in [0.2, 0.25) is 0 Å². The summed E-state index contributed by atoms with van der Waals surface area (Å²) in [7, 11) is 0. The topological polar surface area (TPSA) is 84.5 Å². The highest BCUT2D eigenvalue weighted by Crippen LogP contribution is 2.29. The first-order chi connectivity index (χ1) is 12.8. The number of alkyl halides is 3. The number of carbonyl (C=O) groups excluding carboxylic acids is 3. The number of hydrogen-bond donors (Lipinski definition) is 2. The lowest BCUT2D eigenvalue weighted by atomic mass is 10.1. The molecule has 142 valence electrons. The molecule has 0 aliphatic rings. The lowest BCUT2D eigenvalue weighted by Gasteiger charge is -2.06. The maximum atomic E-state index is 12.4. The van der Waals surface area contributed by atoms with Gasteiger partial charge < -0.3 is 4.74 Å². The van der Waals surface area contributed by atoms with E-state index in [2.05, 4.69) is 15.6 Å². The summed E-state index contributed by atoms with van der Waals surface area (Å²) >= 11 is 1.19. The minimum Gasteiger partial charge on any atom is -0.452 e. The van der Waals surface area contributed by atoms with Gasteiger partial charge in [0.1, 0.15) is 0 Å². The van der Waals surface area contributed by atoms with Crippen molar-refractivity contribution in [3.63, 3.8) is 0 Å². The third-order valence-corrected chi connectivity index (χ3v) is 3.92. The van der Waals surface area contributed by atoms with E-state index in [-0.39, 0.29) is 0 Å². The molecular formula is C17H13F3N2O4S. The summed E-state index contributed by atoms with van der Waals surface area (Å²) in [4.78, 5) is 35.0. The molecule has 1 heterocycles. The van der Waals surface area contributed by atoms with Gasteiger partial charge in [-0.25, -0.2) is 4.79 Å². The second-order valence-electron chi connectivity index (χ2n) is 5.04. The first-order valence-corrected chi connectivity index (χ1v) is 8.28. The highest BCUT2D eigenvalue weighted by Gasteiger charge is 2.29. The van der Waals surface area contributed by atoms with E-state index >= 15 is 0 Å². The number of thiophene rings is 1. The largest absolute Gasteiger partial charge is 0.452 e. The van der Waals surface area contributed by atoms with E-state index in [0.717, 1.165) is 18.2 Å². The molecular weight excluding hydrogens is 385 g/mol. The number of rotatable bonds is 5. The van der Waals surface area contributed by atoms with Gasteiger partial charge in [0.15, 0.2) is 6.61 Å². The second-order valence-corrected chi connectivity index (χ2v) is 5.99. The fourth-order valence-electron chi connectivity index (χ4n) is 1.76. The molecule has 0 atom stereocenters. The Morgan fingerprint density at radius 2 is 1.78 bits per heavy atom. The summed E-state index contributed by atoms with van der Waals surface area (Å²) < 4.78 is 42.0. The van der Waals surface area contributed by atoms with E-state index in [1.807, 2.05) is 0 Å². The van der Waals surface area contributed by atoms with Gasteiger partial charge in [-0.05, 0) is 35.2 Å². The Bertz CT molecular complexity index is 831. The van der Waals surface area contributed by atoms with Crippen molar-refractivity contribution in [3.8, 4) is 0 Å². The van der Waals surface area contributed by atoms with Crippen LogP contribution in [0.15, 0.2) is 47.9 Å². The number of ether oxygens (including phenoxy) is 1. The molecule has 1 aromatic heterocycles. The van der Waals surface area contributed by atoms with E-state index < -0.39 is 36.1 Å². The van der Waals surface area contributed by atoms with Crippen molar-refractivity contribution in [2.24, 2.45) is 0 Å². The Hall–Kier alpha value is -3.14. The van der Waals surface area contributed by atoms with Gasteiger partial charge in [-0.1, -0.05) is 18.2 Å². The van der Waals surface area contributed by atoms with Crippen molar-refractivity contribution in [2.75, 3.05) is 6.61 Å². The fraction of sp³-hybridized carbons (Fsp3) is 0.118. The van der Waals surface area contributed by atoms with Gasteiger partial charge in [0, 0.05) is 6.08 Å². The molecule has 0 radical (unpaired) electrons. The van der Waals surface area contributed by atoms with Crippen LogP contribution in [0.4, 0.5) is 13.2 Å². The summed E-state index contributed by atoms with van der Waals surface area (Å²) in [5.41, 5.74) is 3.79. The van der Waals surface area contributed by atoms with Crippen molar-refractivity contribution in [1.82, 2.24) is 10.9 Å². The number of hydrogen-bond acceptors (Lipinski definition) is 5. The lowest BCUT2D eigenvalue weighted by Crippen LogP contribution is -2.43. The predicted molar refractivity (Wildman–Crippen MR) is 91.4 cm³/mol. The number of nitrogens with one attached hydrogen (secondary N) is 2. The van der Waals surface area contributed by atoms with Crippen molar-refractivity contribution < 1.29 is 32.3 Å². The Balaban J connectivity index is 1.74. The molecule has 0 aliphatic carbocycles. The van der Waals surface area contributed by atoms with Crippen LogP contribution in [0.5, 0.6) is 0 Å². The molecule has 0 bridgehead atoms. The van der Waals surface area contributed by atoms with E-state index in [1.165, 1.54) is 29.5 Å². The van der Waals surface area contributed by atoms with Crippen molar-refractivity contribution in [2.45, 2.75) is 6.18 Å². The first kappa shape index (κ1) is 20.2. The summed E-state index contributed by atoms with van der Waals surface area (Å²) in [5, 5.41) is 1.70. The SMILES string of the molecule is O=C(COC(=O)/C=C/c1ccc(C(F)(F)F)cc1)NNC(=O)c1cccs1. The standard InChI is InChI=1S/C17H13F3N2O4S/c18-17(19,20)12-6-3-11(4-7-12)5-8-15(24)26-10-14(23)21-22-16(25)13-2-1-9-27-13/h1-9H,10H2,(H,21,23)(H,22,25)/b8-5+. The average Bonchev–Trinajstić information content (AvgIpc) is 3.17. The fourth-order valence-corrected chi connectivity index (χ4v) is 2.38. The Morgan fingerprint density at radius 3 is 2.37 bits per heavy atom. The van der Waals surface area contributed by atoms with Gasteiger partial charge in [-0.3, -0.25) is 20.4 Å². The third kappa shape index (κ3) is 6.59. The summed E-state index contributed by atoms with van der Waals surface area (Å²) in [6.45, 7) is -0.638. The van der Waals surface area contributed by atoms with Crippen LogP contribution in [0.1, 0.15) is 20.8 Å². The van der Waals surface area contributed by atoms with Gasteiger partial charge >= 0.3 is 12.1 Å². The number of benzene rings is 1. The van der Waals surface area contributed by atoms with Crippen molar-refractivity contribution >= 4 is 35.2 Å². The summed E-state index contributed by atoms with van der Waals surface area (Å²) in [6.07, 6.45) is -2.22. The Labute approximate surface area is 155 Å². The van der Waals surface area contributed by atoms with Crippen molar-refractivity contribution in [1.29, 1.82) is 0 Å². The minimum atomic E-state index is -4.44. The molecule has 0 saturated carbocycles. The normalized spacial score (nSPS) is 11.2. The van der Waals surface area contributed by atoms with E-state index in [0.29, 0.717) is 10.4 Å². The van der Waals surface area contributed by atoms with Crippen molar-refractivity contribution in [3.05, 3.63) is 63.9 Å². The molecule has 0 unspecified atom stereocenters. The quantitative estimate of drug-likeness (QED) is 0.461. The molecule has 1 aromatic carbocycles. The molecule has 2 amide bonds. The summed E-state index contributed by atoms with van der Waals surface area (Å²) in [5.74, 6) is -2.13. The average molecular weight is 398 g/mol. The highest BCUT2D eigenvalue weighted by atomic mass is 32.1. The van der Waals surface area contributed by atoms with Gasteiger partial charge in [0.05, 0.1) is 10.4 Å². The number of halogens is 3. The third-order valence-electron chi connectivity index (χ3n) is 3.06. The minimum absolute atomic E-state index is 0.354. The molecule has 6 nitrogen and oxygen atoms in total. The van der Waals surface area contributed by atoms with Crippen LogP contribution in [0.25, 0.3) is 6.08 Å². The van der Waals surface area contributed by atoms with Gasteiger partial charge in [-0.15, -0.1) is 11.3 Å². The number of esters is 1. The number of amides is 2. The molecule has 27 heavy (non-hydrogen) atoms. The lowest BCUT2D eigenvalue weighted by molar-refractivity contribution is -0.144. The molecule has 2 rings (SSSR count). The maximum Gasteiger partial charge on any atom is 0.416 e. The van der Waals surface area contributed by atoms with Crippen LogP contribution >= 0.6 is 11.3 Å². The van der Waals surface area contributed by atoms with E-state index in [1.54, 1.807) is 17.5 Å². The summed E-state index contributed by atoms with van der Waals surface area (Å²) in [6, 6.07) is 7.40. The zero-order valence-corrected chi connectivity index (χ0v) is 14.4. The van der Waals surface area contributed by atoms with Gasteiger partial charge in [-0.2, -0.15) is 13.2 Å². The second kappa shape index (κ2) is 8.99. The first-order valence-electron chi connectivity index (χ1n) is 7.40. The molecule has 0 aliphatic heterocycles. The maximum absolute atomic E-state index is 12.4. The molecule has 0 fully saturated rings. The smallest absolute Gasteiger partial charge is 0.416 e. The molecule has 0 saturated heterocycles. The predicted octanol–water partition coefficient (Wildman–Crippen LogP) is 2.78. The Morgan fingerprint density at radius 1 is 1.07 bits per heavy atom. The molecule has 2 aromatic rings. The van der Waals surface area contributed by atoms with E-state index in [9.17, 15) is 27.6 Å². The van der Waals surface area contributed by atoms with Crippen LogP contribution in [-0.4, -0.2) is 24.4 Å². The number of hydrazine groups is 1. The van der Waals surface area contributed by atoms with Crippen LogP contribution in [0, 0.1) is 0 Å². The Kier molecular flexibility index (Phi) is 6.72. The van der Waals surface area contributed by atoms with Crippen LogP contribution in [-0.2, 0) is 20.5 Å². The van der Waals surface area contributed by atoms with Crippen LogP contribution < -0.4 is 10.9 Å². The number of carbonyl (C=O) groups is 3. The highest BCUT2D eigenvalue weighted by molar-refractivity contribution is 7.12. The molecule has 2 N–H and O–H groups in total. The monoisotopic (exact) mass is 398 g/mol. The zero-order chi connectivity index (χ0) is 19.9. The molecule has 0 spiro atoms. The van der Waals surface area contributed by atoms with E-state index in [4.69, 9.17) is 0 Å². The van der Waals surface area contributed by atoms with Gasteiger partial charge in [0.2, 0.25) is 0 Å². The van der Waals surface area contributed by atoms with Crippen LogP contribution in [0.3, 0.4) is 0 Å². The van der Waals surface area contributed by atoms with Gasteiger partial charge in [0.25, 0.3) is 11.8 Å². The zero-order valence-electron chi connectivity index (χ0n) is 13.6. The molecule has 10 heteroatoms.